The van der Waals surface area contributed by atoms with Crippen molar-refractivity contribution in [2.24, 2.45) is 0 Å². The fourth-order valence-electron chi connectivity index (χ4n) is 1.44. The van der Waals surface area contributed by atoms with Crippen LogP contribution in [0.4, 0.5) is 0 Å². The molecule has 0 fully saturated rings. The SMILES string of the molecule is O=C(O)Cc1c[nH]c2ccccc12.[K]. The molecule has 0 saturated carbocycles. The number of H-pyrrole nitrogens is 1. The molecule has 0 aliphatic carbocycles. The van der Waals surface area contributed by atoms with Gasteiger partial charge in [-0.05, 0) is 11.6 Å². The molecule has 0 saturated heterocycles. The van der Waals surface area contributed by atoms with E-state index in [1.807, 2.05) is 24.3 Å². The second kappa shape index (κ2) is 5.09. The van der Waals surface area contributed by atoms with Gasteiger partial charge in [-0.3, -0.25) is 4.79 Å². The van der Waals surface area contributed by atoms with Crippen molar-refractivity contribution in [2.45, 2.75) is 6.42 Å². The maximum absolute atomic E-state index is 10.5. The zero-order chi connectivity index (χ0) is 9.26. The summed E-state index contributed by atoms with van der Waals surface area (Å²) in [5.74, 6) is -0.801. The number of para-hydroxylation sites is 1. The van der Waals surface area contributed by atoms with Crippen LogP contribution < -0.4 is 0 Å². The van der Waals surface area contributed by atoms with Crippen molar-refractivity contribution < 1.29 is 9.90 Å². The molecule has 2 N–H and O–H groups in total. The number of carboxylic acid groups (broad SMARTS) is 1. The molecular weight excluding hydrogens is 205 g/mol. The van der Waals surface area contributed by atoms with E-state index in [1.165, 1.54) is 0 Å². The summed E-state index contributed by atoms with van der Waals surface area (Å²) in [7, 11) is 0. The number of rotatable bonds is 2. The van der Waals surface area contributed by atoms with Crippen LogP contribution in [0.25, 0.3) is 10.9 Å². The molecule has 0 atom stereocenters. The van der Waals surface area contributed by atoms with E-state index < -0.39 is 5.97 Å². The summed E-state index contributed by atoms with van der Waals surface area (Å²) in [5.41, 5.74) is 1.82. The van der Waals surface area contributed by atoms with Crippen LogP contribution in [-0.2, 0) is 11.2 Å². The summed E-state index contributed by atoms with van der Waals surface area (Å²) in [6.45, 7) is 0. The van der Waals surface area contributed by atoms with Crippen LogP contribution >= 0.6 is 0 Å². The molecule has 2 aromatic rings. The topological polar surface area (TPSA) is 53.1 Å². The molecule has 1 radical (unpaired) electrons. The summed E-state index contributed by atoms with van der Waals surface area (Å²) in [6.07, 6.45) is 1.82. The minimum Gasteiger partial charge on any atom is -0.481 e. The number of hydrogen-bond donors (Lipinski definition) is 2. The third kappa shape index (κ3) is 2.46. The van der Waals surface area contributed by atoms with Crippen LogP contribution in [0.3, 0.4) is 0 Å². The van der Waals surface area contributed by atoms with Crippen LogP contribution in [0.15, 0.2) is 30.5 Å². The Morgan fingerprint density at radius 2 is 2.07 bits per heavy atom. The second-order valence-electron chi connectivity index (χ2n) is 2.93. The monoisotopic (exact) mass is 214 g/mol. The molecule has 0 spiro atoms. The maximum Gasteiger partial charge on any atom is 0.307 e. The number of carbonyl (C=O) groups is 1. The van der Waals surface area contributed by atoms with Crippen LogP contribution in [0.5, 0.6) is 0 Å². The van der Waals surface area contributed by atoms with E-state index in [0.717, 1.165) is 16.5 Å². The molecule has 0 bridgehead atoms. The van der Waals surface area contributed by atoms with Crippen LogP contribution in [0, 0.1) is 0 Å². The Kier molecular flexibility index (Phi) is 4.34. The van der Waals surface area contributed by atoms with Gasteiger partial charge in [0, 0.05) is 68.5 Å². The Labute approximate surface area is 124 Å². The molecule has 14 heavy (non-hydrogen) atoms. The number of hydrogen-bond acceptors (Lipinski definition) is 1. The molecule has 0 aliphatic rings. The van der Waals surface area contributed by atoms with Crippen molar-refractivity contribution in [1.29, 1.82) is 0 Å². The first kappa shape index (κ1) is 11.9. The third-order valence-corrected chi connectivity index (χ3v) is 2.02. The molecule has 0 aliphatic heterocycles. The Balaban J connectivity index is 0.000000980. The van der Waals surface area contributed by atoms with Gasteiger partial charge in [-0.25, -0.2) is 0 Å². The van der Waals surface area contributed by atoms with Gasteiger partial charge in [-0.2, -0.15) is 0 Å². The summed E-state index contributed by atoms with van der Waals surface area (Å²) >= 11 is 0. The number of aliphatic carboxylic acids is 1. The van der Waals surface area contributed by atoms with Gasteiger partial charge in [0.25, 0.3) is 0 Å². The molecule has 2 rings (SSSR count). The fourth-order valence-corrected chi connectivity index (χ4v) is 1.44. The predicted molar refractivity (Wildman–Crippen MR) is 55.4 cm³/mol. The molecule has 4 heteroatoms. The smallest absolute Gasteiger partial charge is 0.307 e. The molecule has 3 nitrogen and oxygen atoms in total. The molecule has 0 unspecified atom stereocenters. The minimum atomic E-state index is -0.801. The normalized spacial score (nSPS) is 9.71. The third-order valence-electron chi connectivity index (χ3n) is 2.02. The first-order valence-electron chi connectivity index (χ1n) is 4.04. The van der Waals surface area contributed by atoms with Crippen molar-refractivity contribution in [3.63, 3.8) is 0 Å². The Morgan fingerprint density at radius 1 is 1.36 bits per heavy atom. The minimum absolute atomic E-state index is 0. The van der Waals surface area contributed by atoms with Gasteiger partial charge < -0.3 is 10.1 Å². The average Bonchev–Trinajstić information content (AvgIpc) is 2.48. The molecule has 0 amide bonds. The summed E-state index contributed by atoms with van der Waals surface area (Å²) < 4.78 is 0. The Bertz CT molecular complexity index is 450. The van der Waals surface area contributed by atoms with E-state index in [4.69, 9.17) is 5.11 Å². The number of aromatic nitrogens is 1. The van der Waals surface area contributed by atoms with Gasteiger partial charge >= 0.3 is 5.97 Å². The largest absolute Gasteiger partial charge is 0.481 e. The van der Waals surface area contributed by atoms with E-state index in [-0.39, 0.29) is 57.8 Å². The van der Waals surface area contributed by atoms with E-state index in [1.54, 1.807) is 6.20 Å². The summed E-state index contributed by atoms with van der Waals surface area (Å²) in [5, 5.41) is 9.62. The van der Waals surface area contributed by atoms with Crippen LogP contribution in [0.1, 0.15) is 5.56 Å². The zero-order valence-electron chi connectivity index (χ0n) is 7.95. The second-order valence-corrected chi connectivity index (χ2v) is 2.93. The van der Waals surface area contributed by atoms with Gasteiger partial charge in [0.1, 0.15) is 0 Å². The van der Waals surface area contributed by atoms with E-state index in [9.17, 15) is 4.79 Å². The Morgan fingerprint density at radius 3 is 2.79 bits per heavy atom. The van der Waals surface area contributed by atoms with Gasteiger partial charge in [-0.15, -0.1) is 0 Å². The van der Waals surface area contributed by atoms with E-state index >= 15 is 0 Å². The van der Waals surface area contributed by atoms with Crippen LogP contribution in [0.2, 0.25) is 0 Å². The predicted octanol–water partition coefficient (Wildman–Crippen LogP) is 1.41. The summed E-state index contributed by atoms with van der Waals surface area (Å²) in [4.78, 5) is 13.5. The summed E-state index contributed by atoms with van der Waals surface area (Å²) in [6, 6.07) is 7.68. The van der Waals surface area contributed by atoms with Gasteiger partial charge in [0.2, 0.25) is 0 Å². The average molecular weight is 214 g/mol. The molecule has 67 valence electrons. The molecule has 1 heterocycles. The standard InChI is InChI=1S/C10H9NO2.K/c12-10(13)5-7-6-11-9-4-2-1-3-8(7)9;/h1-4,6,11H,5H2,(H,12,13);. The van der Waals surface area contributed by atoms with E-state index in [0.29, 0.717) is 0 Å². The molecule has 1 aromatic carbocycles. The first-order valence-corrected chi connectivity index (χ1v) is 4.04. The number of aromatic amines is 1. The maximum atomic E-state index is 10.5. The van der Waals surface area contributed by atoms with Crippen molar-refractivity contribution in [2.75, 3.05) is 0 Å². The zero-order valence-corrected chi connectivity index (χ0v) is 11.1. The Hall–Kier alpha value is -0.134. The van der Waals surface area contributed by atoms with Crippen LogP contribution in [-0.4, -0.2) is 67.4 Å². The van der Waals surface area contributed by atoms with Gasteiger partial charge in [0.15, 0.2) is 0 Å². The van der Waals surface area contributed by atoms with Crippen molar-refractivity contribution in [1.82, 2.24) is 4.98 Å². The number of carboxylic acids is 1. The first-order chi connectivity index (χ1) is 6.27. The molecule has 1 aromatic heterocycles. The number of nitrogens with one attached hydrogen (secondary N) is 1. The number of fused-ring (bicyclic) bond motifs is 1. The van der Waals surface area contributed by atoms with E-state index in [2.05, 4.69) is 4.98 Å². The number of benzene rings is 1. The van der Waals surface area contributed by atoms with Gasteiger partial charge in [0.05, 0.1) is 6.42 Å². The van der Waals surface area contributed by atoms with Crippen molar-refractivity contribution in [3.8, 4) is 0 Å². The molecular formula is C10H9KNO2. The van der Waals surface area contributed by atoms with Crippen molar-refractivity contribution in [3.05, 3.63) is 36.0 Å². The van der Waals surface area contributed by atoms with Crippen molar-refractivity contribution >= 4 is 68.3 Å². The quantitative estimate of drug-likeness (QED) is 0.743. The van der Waals surface area contributed by atoms with Gasteiger partial charge in [-0.1, -0.05) is 18.2 Å². The fraction of sp³-hybridized carbons (Fsp3) is 0.100.